The van der Waals surface area contributed by atoms with Crippen LogP contribution in [0.2, 0.25) is 0 Å². The Morgan fingerprint density at radius 2 is 2.12 bits per heavy atom. The molecule has 8 heteroatoms. The van der Waals surface area contributed by atoms with Crippen LogP contribution in [0.4, 0.5) is 10.1 Å². The predicted molar refractivity (Wildman–Crippen MR) is 95.7 cm³/mol. The maximum absolute atomic E-state index is 13.7. The normalized spacial score (nSPS) is 12.2. The van der Waals surface area contributed by atoms with Crippen LogP contribution in [0, 0.1) is 12.7 Å². The van der Waals surface area contributed by atoms with E-state index in [1.54, 1.807) is 46.9 Å². The molecule has 3 rings (SSSR count). The molecule has 0 aliphatic carbocycles. The number of anilines is 1. The summed E-state index contributed by atoms with van der Waals surface area (Å²) in [4.78, 5) is 12.4. The molecule has 25 heavy (non-hydrogen) atoms. The van der Waals surface area contributed by atoms with Gasteiger partial charge in [-0.2, -0.15) is 10.2 Å². The Morgan fingerprint density at radius 3 is 2.80 bits per heavy atom. The molecular weight excluding hydrogens is 389 g/mol. The third kappa shape index (κ3) is 3.96. The average molecular weight is 406 g/mol. The van der Waals surface area contributed by atoms with Crippen molar-refractivity contribution in [3.63, 3.8) is 0 Å². The summed E-state index contributed by atoms with van der Waals surface area (Å²) >= 11 is 3.38. The lowest BCUT2D eigenvalue weighted by Crippen LogP contribution is -2.23. The van der Waals surface area contributed by atoms with E-state index in [-0.39, 0.29) is 11.7 Å². The van der Waals surface area contributed by atoms with E-state index in [2.05, 4.69) is 31.4 Å². The molecule has 6 nitrogen and oxygen atoms in total. The van der Waals surface area contributed by atoms with Crippen molar-refractivity contribution in [3.8, 4) is 0 Å². The number of nitrogens with one attached hydrogen (secondary N) is 1. The lowest BCUT2D eigenvalue weighted by Gasteiger charge is -2.11. The quantitative estimate of drug-likeness (QED) is 0.705. The van der Waals surface area contributed by atoms with Crippen LogP contribution in [-0.2, 0) is 11.3 Å². The molecule has 1 aromatic carbocycles. The first kappa shape index (κ1) is 17.3. The van der Waals surface area contributed by atoms with Crippen molar-refractivity contribution in [2.75, 3.05) is 5.32 Å². The minimum Gasteiger partial charge on any atom is -0.322 e. The largest absolute Gasteiger partial charge is 0.322 e. The first-order valence-corrected chi connectivity index (χ1v) is 8.51. The summed E-state index contributed by atoms with van der Waals surface area (Å²) in [5, 5.41) is 11.2. The summed E-state index contributed by atoms with van der Waals surface area (Å²) in [6, 6.07) is 6.06. The summed E-state index contributed by atoms with van der Waals surface area (Å²) in [5.41, 5.74) is 1.90. The number of carbonyl (C=O) groups is 1. The molecule has 1 unspecified atom stereocenters. The number of aromatic nitrogens is 4. The van der Waals surface area contributed by atoms with Crippen LogP contribution in [0.3, 0.4) is 0 Å². The van der Waals surface area contributed by atoms with Crippen molar-refractivity contribution in [1.82, 2.24) is 19.6 Å². The van der Waals surface area contributed by atoms with Crippen LogP contribution in [0.1, 0.15) is 24.2 Å². The molecule has 2 aromatic heterocycles. The van der Waals surface area contributed by atoms with Crippen LogP contribution < -0.4 is 5.32 Å². The zero-order valence-corrected chi connectivity index (χ0v) is 15.4. The van der Waals surface area contributed by atoms with Crippen molar-refractivity contribution >= 4 is 27.5 Å². The van der Waals surface area contributed by atoms with Gasteiger partial charge in [0.05, 0.1) is 28.6 Å². The number of carbonyl (C=O) groups excluding carboxylic acids is 1. The number of nitrogens with zero attached hydrogens (tertiary/aromatic N) is 4. The Labute approximate surface area is 152 Å². The van der Waals surface area contributed by atoms with Gasteiger partial charge in [0.25, 0.3) is 0 Å². The Bertz CT molecular complexity index is 885. The SMILES string of the molecule is Cc1nn(C(C)C(=O)Nc2cnn(Cc3ccccc3F)c2)cc1Br. The molecule has 0 bridgehead atoms. The van der Waals surface area contributed by atoms with E-state index in [4.69, 9.17) is 0 Å². The number of benzene rings is 1. The highest BCUT2D eigenvalue weighted by Crippen LogP contribution is 2.18. The Morgan fingerprint density at radius 1 is 1.36 bits per heavy atom. The van der Waals surface area contributed by atoms with Gasteiger partial charge in [0.15, 0.2) is 0 Å². The monoisotopic (exact) mass is 405 g/mol. The van der Waals surface area contributed by atoms with Crippen molar-refractivity contribution in [2.45, 2.75) is 26.4 Å². The molecule has 0 aliphatic heterocycles. The van der Waals surface area contributed by atoms with Crippen LogP contribution in [0.25, 0.3) is 0 Å². The van der Waals surface area contributed by atoms with E-state index in [0.29, 0.717) is 17.8 Å². The van der Waals surface area contributed by atoms with Gasteiger partial charge in [0.2, 0.25) is 5.91 Å². The molecule has 0 radical (unpaired) electrons. The second kappa shape index (κ2) is 7.18. The highest BCUT2D eigenvalue weighted by Gasteiger charge is 2.18. The highest BCUT2D eigenvalue weighted by molar-refractivity contribution is 9.10. The molecule has 1 atom stereocenters. The topological polar surface area (TPSA) is 64.7 Å². The third-order valence-electron chi connectivity index (χ3n) is 3.82. The molecule has 0 saturated carbocycles. The summed E-state index contributed by atoms with van der Waals surface area (Å²) < 4.78 is 17.7. The van der Waals surface area contributed by atoms with Gasteiger partial charge in [0, 0.05) is 18.0 Å². The van der Waals surface area contributed by atoms with Gasteiger partial charge in [-0.25, -0.2) is 4.39 Å². The Balaban J connectivity index is 1.66. The molecule has 0 fully saturated rings. The van der Waals surface area contributed by atoms with Gasteiger partial charge in [-0.15, -0.1) is 0 Å². The molecule has 0 spiro atoms. The lowest BCUT2D eigenvalue weighted by molar-refractivity contribution is -0.119. The number of hydrogen-bond acceptors (Lipinski definition) is 3. The minimum absolute atomic E-state index is 0.208. The molecule has 1 amide bonds. The van der Waals surface area contributed by atoms with Gasteiger partial charge in [-0.3, -0.25) is 14.2 Å². The first-order chi connectivity index (χ1) is 11.9. The smallest absolute Gasteiger partial charge is 0.249 e. The fourth-order valence-electron chi connectivity index (χ4n) is 2.34. The second-order valence-electron chi connectivity index (χ2n) is 5.73. The number of hydrogen-bond donors (Lipinski definition) is 1. The van der Waals surface area contributed by atoms with Gasteiger partial charge in [-0.1, -0.05) is 18.2 Å². The third-order valence-corrected chi connectivity index (χ3v) is 4.60. The van der Waals surface area contributed by atoms with E-state index >= 15 is 0 Å². The molecule has 1 N–H and O–H groups in total. The van der Waals surface area contributed by atoms with Gasteiger partial charge in [0.1, 0.15) is 11.9 Å². The molecular formula is C17H17BrFN5O. The molecule has 0 aliphatic rings. The van der Waals surface area contributed by atoms with E-state index in [9.17, 15) is 9.18 Å². The van der Waals surface area contributed by atoms with E-state index in [1.807, 2.05) is 6.92 Å². The van der Waals surface area contributed by atoms with Crippen molar-refractivity contribution in [3.05, 3.63) is 64.4 Å². The number of amides is 1. The van der Waals surface area contributed by atoms with Crippen molar-refractivity contribution < 1.29 is 9.18 Å². The van der Waals surface area contributed by atoms with Crippen LogP contribution in [-0.4, -0.2) is 25.5 Å². The van der Waals surface area contributed by atoms with E-state index < -0.39 is 6.04 Å². The molecule has 2 heterocycles. The van der Waals surface area contributed by atoms with Crippen molar-refractivity contribution in [1.29, 1.82) is 0 Å². The van der Waals surface area contributed by atoms with Crippen molar-refractivity contribution in [2.24, 2.45) is 0 Å². The fraction of sp³-hybridized carbons (Fsp3) is 0.235. The minimum atomic E-state index is -0.472. The number of halogens is 2. The van der Waals surface area contributed by atoms with Gasteiger partial charge < -0.3 is 5.32 Å². The second-order valence-corrected chi connectivity index (χ2v) is 6.58. The number of rotatable bonds is 5. The van der Waals surface area contributed by atoms with E-state index in [1.165, 1.54) is 12.3 Å². The highest BCUT2D eigenvalue weighted by atomic mass is 79.9. The van der Waals surface area contributed by atoms with Gasteiger partial charge in [-0.05, 0) is 35.8 Å². The lowest BCUT2D eigenvalue weighted by atomic mass is 10.2. The van der Waals surface area contributed by atoms with Crippen LogP contribution >= 0.6 is 15.9 Å². The molecule has 0 saturated heterocycles. The maximum atomic E-state index is 13.7. The summed E-state index contributed by atoms with van der Waals surface area (Å²) in [6.45, 7) is 3.92. The zero-order valence-electron chi connectivity index (χ0n) is 13.8. The average Bonchev–Trinajstić information content (AvgIpc) is 3.15. The van der Waals surface area contributed by atoms with Crippen LogP contribution in [0.15, 0.2) is 47.3 Å². The van der Waals surface area contributed by atoms with E-state index in [0.717, 1.165) is 10.2 Å². The summed E-state index contributed by atoms with van der Waals surface area (Å²) in [7, 11) is 0. The molecule has 130 valence electrons. The summed E-state index contributed by atoms with van der Waals surface area (Å²) in [6.07, 6.45) is 4.97. The maximum Gasteiger partial charge on any atom is 0.249 e. The number of aryl methyl sites for hydroxylation is 1. The predicted octanol–water partition coefficient (Wildman–Crippen LogP) is 3.54. The first-order valence-electron chi connectivity index (χ1n) is 7.72. The zero-order chi connectivity index (χ0) is 18.0. The summed E-state index contributed by atoms with van der Waals surface area (Å²) in [5.74, 6) is -0.489. The molecule has 3 aromatic rings. The standard InChI is InChI=1S/C17H17BrFN5O/c1-11-15(18)10-24(22-11)12(2)17(25)21-14-7-20-23(9-14)8-13-5-3-4-6-16(13)19/h3-7,9-10,12H,8H2,1-2H3,(H,21,25). The van der Waals surface area contributed by atoms with Crippen LogP contribution in [0.5, 0.6) is 0 Å². The fourth-order valence-corrected chi connectivity index (χ4v) is 2.63. The Kier molecular flexibility index (Phi) is 4.98. The Hall–Kier alpha value is -2.48. The van der Waals surface area contributed by atoms with Gasteiger partial charge >= 0.3 is 0 Å².